The zero-order chi connectivity index (χ0) is 18.9. The predicted molar refractivity (Wildman–Crippen MR) is 107 cm³/mol. The highest BCUT2D eigenvalue weighted by Crippen LogP contribution is 2.46. The number of halogens is 1. The Morgan fingerprint density at radius 3 is 2.67 bits per heavy atom. The van der Waals surface area contributed by atoms with Crippen molar-refractivity contribution in [1.82, 2.24) is 4.98 Å². The highest BCUT2D eigenvalue weighted by molar-refractivity contribution is 8.04. The van der Waals surface area contributed by atoms with Crippen molar-refractivity contribution in [3.63, 3.8) is 0 Å². The Labute approximate surface area is 169 Å². The molecule has 2 aromatic heterocycles. The van der Waals surface area contributed by atoms with Gasteiger partial charge in [-0.15, -0.1) is 0 Å². The number of aromatic nitrogens is 1. The van der Waals surface area contributed by atoms with Gasteiger partial charge in [0, 0.05) is 16.7 Å². The molecular weight excluding hydrogens is 402 g/mol. The minimum atomic E-state index is -1.15. The van der Waals surface area contributed by atoms with E-state index in [9.17, 15) is 9.90 Å². The highest BCUT2D eigenvalue weighted by atomic mass is 35.5. The molecule has 0 spiro atoms. The average molecular weight is 416 g/mol. The molecule has 3 heterocycles. The van der Waals surface area contributed by atoms with Gasteiger partial charge in [-0.05, 0) is 41.1 Å². The maximum absolute atomic E-state index is 12.9. The normalized spacial score (nSPS) is 19.8. The molecule has 1 aromatic carbocycles. The van der Waals surface area contributed by atoms with Crippen LogP contribution >= 0.6 is 34.7 Å². The molecule has 7 heteroatoms. The molecule has 0 bridgehead atoms. The summed E-state index contributed by atoms with van der Waals surface area (Å²) in [6, 6.07) is 14.5. The molecule has 1 unspecified atom stereocenters. The first kappa shape index (κ1) is 18.1. The van der Waals surface area contributed by atoms with Crippen LogP contribution in [0.3, 0.4) is 0 Å². The van der Waals surface area contributed by atoms with Crippen LogP contribution in [0.1, 0.15) is 17.7 Å². The molecule has 27 heavy (non-hydrogen) atoms. The van der Waals surface area contributed by atoms with Gasteiger partial charge in [-0.2, -0.15) is 11.3 Å². The Morgan fingerprint density at radius 2 is 2.00 bits per heavy atom. The fourth-order valence-corrected chi connectivity index (χ4v) is 4.78. The first-order valence-electron chi connectivity index (χ1n) is 8.12. The minimum absolute atomic E-state index is 0.0342. The van der Waals surface area contributed by atoms with Crippen molar-refractivity contribution in [1.29, 1.82) is 0 Å². The van der Waals surface area contributed by atoms with Gasteiger partial charge in [0.05, 0.1) is 17.1 Å². The van der Waals surface area contributed by atoms with Crippen LogP contribution in [0.2, 0.25) is 5.02 Å². The van der Waals surface area contributed by atoms with Gasteiger partial charge < -0.3 is 9.84 Å². The number of cyclic esters (lactones) is 1. The van der Waals surface area contributed by atoms with Crippen LogP contribution in [-0.2, 0) is 15.1 Å². The van der Waals surface area contributed by atoms with Crippen molar-refractivity contribution in [3.05, 3.63) is 92.4 Å². The molecule has 0 radical (unpaired) electrons. The number of nitrogens with zero attached hydrogens (tertiary/aromatic N) is 1. The Morgan fingerprint density at radius 1 is 1.19 bits per heavy atom. The van der Waals surface area contributed by atoms with Crippen LogP contribution in [-0.4, -0.2) is 16.1 Å². The number of hydrogen-bond acceptors (Lipinski definition) is 6. The third kappa shape index (κ3) is 3.36. The Bertz CT molecular complexity index is 1010. The molecule has 0 aliphatic carbocycles. The summed E-state index contributed by atoms with van der Waals surface area (Å²) in [5.41, 5.74) is 0.213. The summed E-state index contributed by atoms with van der Waals surface area (Å²) >= 11 is 8.79. The summed E-state index contributed by atoms with van der Waals surface area (Å²) in [5.74, 6) is -0.631. The summed E-state index contributed by atoms with van der Waals surface area (Å²) in [5, 5.41) is 15.1. The van der Waals surface area contributed by atoms with E-state index in [0.29, 0.717) is 15.6 Å². The first-order chi connectivity index (χ1) is 13.1. The molecule has 1 atom stereocenters. The molecule has 1 aliphatic rings. The second kappa shape index (κ2) is 7.38. The van der Waals surface area contributed by atoms with E-state index in [1.807, 2.05) is 35.0 Å². The largest absolute Gasteiger partial charge is 0.511 e. The number of thioether (sulfide) groups is 1. The fourth-order valence-electron chi connectivity index (χ4n) is 2.96. The quantitative estimate of drug-likeness (QED) is 0.566. The number of rotatable bonds is 4. The first-order valence-corrected chi connectivity index (χ1v) is 10.3. The Kier molecular flexibility index (Phi) is 4.95. The highest BCUT2D eigenvalue weighted by Gasteiger charge is 2.46. The van der Waals surface area contributed by atoms with Crippen molar-refractivity contribution < 1.29 is 14.6 Å². The Hall–Kier alpha value is -2.28. The molecule has 0 saturated carbocycles. The van der Waals surface area contributed by atoms with Crippen LogP contribution in [0.15, 0.2) is 81.0 Å². The third-order valence-corrected chi connectivity index (χ3v) is 6.55. The van der Waals surface area contributed by atoms with Gasteiger partial charge in [0.1, 0.15) is 10.7 Å². The molecule has 4 nitrogen and oxygen atoms in total. The number of hydrogen-bond donors (Lipinski definition) is 1. The van der Waals surface area contributed by atoms with Crippen LogP contribution < -0.4 is 0 Å². The summed E-state index contributed by atoms with van der Waals surface area (Å²) in [4.78, 5) is 18.1. The van der Waals surface area contributed by atoms with Gasteiger partial charge in [0.15, 0.2) is 5.60 Å². The summed E-state index contributed by atoms with van der Waals surface area (Å²) in [6.07, 6.45) is 1.76. The van der Waals surface area contributed by atoms with Crippen LogP contribution in [0.4, 0.5) is 0 Å². The number of pyridine rings is 1. The fraction of sp³-hybridized carbons (Fsp3) is 0.100. The second-order valence-corrected chi connectivity index (χ2v) is 8.17. The number of esters is 1. The van der Waals surface area contributed by atoms with Gasteiger partial charge in [0.25, 0.3) is 0 Å². The van der Waals surface area contributed by atoms with E-state index in [1.165, 1.54) is 11.3 Å². The number of ether oxygens (including phenoxy) is 1. The summed E-state index contributed by atoms with van der Waals surface area (Å²) in [6.45, 7) is 0. The lowest BCUT2D eigenvalue weighted by molar-refractivity contribution is -0.154. The SMILES string of the molecule is O=C1OC(c2ccsc2)(c2ccccn2)CC(O)=C1Sc1ccccc1Cl. The average Bonchev–Trinajstić information content (AvgIpc) is 3.22. The van der Waals surface area contributed by atoms with Crippen LogP contribution in [0.5, 0.6) is 0 Å². The van der Waals surface area contributed by atoms with Crippen molar-refractivity contribution in [2.45, 2.75) is 16.9 Å². The van der Waals surface area contributed by atoms with Crippen molar-refractivity contribution >= 4 is 40.7 Å². The van der Waals surface area contributed by atoms with E-state index < -0.39 is 11.6 Å². The smallest absolute Gasteiger partial charge is 0.349 e. The molecule has 136 valence electrons. The number of aliphatic hydroxyl groups excluding tert-OH is 1. The molecule has 1 aliphatic heterocycles. The Balaban J connectivity index is 1.77. The molecule has 4 rings (SSSR count). The molecule has 0 fully saturated rings. The van der Waals surface area contributed by atoms with Crippen molar-refractivity contribution in [3.8, 4) is 0 Å². The number of carbonyl (C=O) groups excluding carboxylic acids is 1. The number of thiophene rings is 1. The summed E-state index contributed by atoms with van der Waals surface area (Å²) in [7, 11) is 0. The molecule has 3 aromatic rings. The lowest BCUT2D eigenvalue weighted by atomic mass is 9.86. The van der Waals surface area contributed by atoms with Gasteiger partial charge in [-0.3, -0.25) is 4.98 Å². The minimum Gasteiger partial charge on any atom is -0.511 e. The number of carbonyl (C=O) groups is 1. The lowest BCUT2D eigenvalue weighted by Crippen LogP contribution is -2.38. The van der Waals surface area contributed by atoms with E-state index in [-0.39, 0.29) is 17.1 Å². The van der Waals surface area contributed by atoms with Gasteiger partial charge >= 0.3 is 5.97 Å². The van der Waals surface area contributed by atoms with Gasteiger partial charge in [-0.1, -0.05) is 41.6 Å². The van der Waals surface area contributed by atoms with Gasteiger partial charge in [-0.25, -0.2) is 4.79 Å². The number of benzene rings is 1. The topological polar surface area (TPSA) is 59.4 Å². The maximum Gasteiger partial charge on any atom is 0.349 e. The van der Waals surface area contributed by atoms with E-state index in [0.717, 1.165) is 17.3 Å². The van der Waals surface area contributed by atoms with Crippen molar-refractivity contribution in [2.75, 3.05) is 0 Å². The molecule has 1 N–H and O–H groups in total. The standard InChI is InChI=1S/C20H14ClNO3S2/c21-14-5-1-2-6-16(14)27-18-15(23)11-20(25-19(18)24,13-8-10-26-12-13)17-7-3-4-9-22-17/h1-10,12,23H,11H2. The second-order valence-electron chi connectivity index (χ2n) is 5.93. The van der Waals surface area contributed by atoms with Gasteiger partial charge in [0.2, 0.25) is 0 Å². The molecule has 0 saturated heterocycles. The van der Waals surface area contributed by atoms with E-state index >= 15 is 0 Å². The van der Waals surface area contributed by atoms with Crippen LogP contribution in [0.25, 0.3) is 0 Å². The number of aliphatic hydroxyl groups is 1. The van der Waals surface area contributed by atoms with E-state index in [2.05, 4.69) is 4.98 Å². The summed E-state index contributed by atoms with van der Waals surface area (Å²) < 4.78 is 5.92. The maximum atomic E-state index is 12.9. The van der Waals surface area contributed by atoms with Crippen LogP contribution in [0, 0.1) is 0 Å². The zero-order valence-electron chi connectivity index (χ0n) is 14.0. The van der Waals surface area contributed by atoms with E-state index in [4.69, 9.17) is 16.3 Å². The monoisotopic (exact) mass is 415 g/mol. The molecular formula is C20H14ClNO3S2. The third-order valence-electron chi connectivity index (χ3n) is 4.25. The zero-order valence-corrected chi connectivity index (χ0v) is 16.4. The van der Waals surface area contributed by atoms with E-state index in [1.54, 1.807) is 30.5 Å². The lowest BCUT2D eigenvalue weighted by Gasteiger charge is -2.36. The predicted octanol–water partition coefficient (Wildman–Crippen LogP) is 5.55. The van der Waals surface area contributed by atoms with Crippen molar-refractivity contribution in [2.24, 2.45) is 0 Å². The molecule has 0 amide bonds.